The molecule has 2 aromatic heterocycles. The fourth-order valence-electron chi connectivity index (χ4n) is 3.49. The fourth-order valence-corrected chi connectivity index (χ4v) is 3.49. The van der Waals surface area contributed by atoms with Gasteiger partial charge in [0.05, 0.1) is 25.9 Å². The van der Waals surface area contributed by atoms with E-state index < -0.39 is 36.7 Å². The van der Waals surface area contributed by atoms with Crippen molar-refractivity contribution in [2.75, 3.05) is 43.5 Å². The van der Waals surface area contributed by atoms with Gasteiger partial charge in [0.15, 0.2) is 11.2 Å². The number of rotatable bonds is 3. The van der Waals surface area contributed by atoms with Crippen LogP contribution in [0.25, 0.3) is 11.2 Å². The summed E-state index contributed by atoms with van der Waals surface area (Å²) in [5.74, 6) is 0.361. The first-order valence-corrected chi connectivity index (χ1v) is 8.72. The fraction of sp³-hybridized carbons (Fsp3) is 0.667. The third-order valence-corrected chi connectivity index (χ3v) is 4.86. The van der Waals surface area contributed by atoms with Crippen LogP contribution in [0.2, 0.25) is 0 Å². The number of hydrogen-bond acceptors (Lipinski definition) is 10. The zero-order chi connectivity index (χ0) is 19.1. The van der Waals surface area contributed by atoms with Crippen LogP contribution in [0.15, 0.2) is 4.79 Å². The summed E-state index contributed by atoms with van der Waals surface area (Å²) in [6, 6.07) is 0. The number of nitrogen functional groups attached to an aromatic ring is 1. The largest absolute Gasteiger partial charge is 0.394 e. The van der Waals surface area contributed by atoms with Crippen LogP contribution in [-0.4, -0.2) is 86.1 Å². The van der Waals surface area contributed by atoms with E-state index in [2.05, 4.69) is 15.0 Å². The van der Waals surface area contributed by atoms with E-state index in [0.717, 1.165) is 0 Å². The maximum absolute atomic E-state index is 12.3. The highest BCUT2D eigenvalue weighted by atomic mass is 16.5. The first-order chi connectivity index (χ1) is 13.0. The zero-order valence-corrected chi connectivity index (χ0v) is 14.5. The monoisotopic (exact) mass is 382 g/mol. The van der Waals surface area contributed by atoms with E-state index in [1.165, 1.54) is 0 Å². The van der Waals surface area contributed by atoms with Crippen LogP contribution < -0.4 is 16.2 Å². The minimum Gasteiger partial charge on any atom is -0.394 e. The van der Waals surface area contributed by atoms with Gasteiger partial charge >= 0.3 is 0 Å². The number of fused-ring (bicyclic) bond motifs is 1. The molecule has 12 nitrogen and oxygen atoms in total. The molecule has 148 valence electrons. The normalized spacial score (nSPS) is 29.4. The molecular weight excluding hydrogens is 360 g/mol. The molecule has 12 heteroatoms. The molecule has 6 N–H and O–H groups in total. The van der Waals surface area contributed by atoms with Crippen molar-refractivity contribution in [1.82, 2.24) is 19.5 Å². The lowest BCUT2D eigenvalue weighted by Gasteiger charge is -2.38. The molecule has 0 radical (unpaired) electrons. The van der Waals surface area contributed by atoms with Gasteiger partial charge in [-0.15, -0.1) is 0 Å². The van der Waals surface area contributed by atoms with E-state index in [1.54, 1.807) is 4.57 Å². The summed E-state index contributed by atoms with van der Waals surface area (Å²) < 4.78 is 12.8. The summed E-state index contributed by atoms with van der Waals surface area (Å²) in [4.78, 5) is 25.3. The average Bonchev–Trinajstić information content (AvgIpc) is 3.04. The van der Waals surface area contributed by atoms with E-state index in [-0.39, 0.29) is 23.5 Å². The number of H-pyrrole nitrogens is 1. The highest BCUT2D eigenvalue weighted by Gasteiger charge is 2.39. The van der Waals surface area contributed by atoms with E-state index in [0.29, 0.717) is 32.3 Å². The Labute approximate surface area is 153 Å². The summed E-state index contributed by atoms with van der Waals surface area (Å²) in [6.45, 7) is 1.64. The van der Waals surface area contributed by atoms with Gasteiger partial charge in [0.1, 0.15) is 18.4 Å². The van der Waals surface area contributed by atoms with Crippen LogP contribution in [0.3, 0.4) is 0 Å². The van der Waals surface area contributed by atoms with Gasteiger partial charge in [-0.25, -0.2) is 4.98 Å². The molecule has 2 aliphatic heterocycles. The molecule has 2 aliphatic rings. The first-order valence-electron chi connectivity index (χ1n) is 8.72. The Bertz CT molecular complexity index is 878. The zero-order valence-electron chi connectivity index (χ0n) is 14.5. The van der Waals surface area contributed by atoms with Crippen molar-refractivity contribution in [3.63, 3.8) is 0 Å². The number of anilines is 2. The second-order valence-corrected chi connectivity index (χ2v) is 6.61. The van der Waals surface area contributed by atoms with Gasteiger partial charge in [-0.3, -0.25) is 14.3 Å². The van der Waals surface area contributed by atoms with Crippen LogP contribution in [0.4, 0.5) is 11.9 Å². The van der Waals surface area contributed by atoms with Gasteiger partial charge in [0, 0.05) is 19.5 Å². The summed E-state index contributed by atoms with van der Waals surface area (Å²) in [5.41, 5.74) is 5.52. The number of nitrogens with one attached hydrogen (secondary N) is 1. The van der Waals surface area contributed by atoms with Gasteiger partial charge in [-0.05, 0) is 0 Å². The van der Waals surface area contributed by atoms with E-state index in [1.807, 2.05) is 4.90 Å². The van der Waals surface area contributed by atoms with Crippen molar-refractivity contribution in [2.45, 2.75) is 31.0 Å². The molecule has 2 saturated heterocycles. The topological polar surface area (TPSA) is 172 Å². The molecule has 4 unspecified atom stereocenters. The molecule has 4 atom stereocenters. The molecule has 2 fully saturated rings. The molecule has 0 aliphatic carbocycles. The maximum atomic E-state index is 12.3. The van der Waals surface area contributed by atoms with Crippen molar-refractivity contribution < 1.29 is 24.8 Å². The smallest absolute Gasteiger partial charge is 0.280 e. The minimum absolute atomic E-state index is 0.0366. The van der Waals surface area contributed by atoms with Crippen molar-refractivity contribution in [1.29, 1.82) is 0 Å². The maximum Gasteiger partial charge on any atom is 0.280 e. The molecule has 2 aromatic rings. The second kappa shape index (κ2) is 7.05. The average molecular weight is 382 g/mol. The van der Waals surface area contributed by atoms with Gasteiger partial charge in [0.2, 0.25) is 11.9 Å². The van der Waals surface area contributed by atoms with Crippen LogP contribution >= 0.6 is 0 Å². The SMILES string of the molecule is Nc1nc2c(nc(N3CCOCC3)n2C2CC(O)C(O)C(CO)O2)c(=O)[nH]1. The Kier molecular flexibility index (Phi) is 4.74. The predicted molar refractivity (Wildman–Crippen MR) is 93.2 cm³/mol. The predicted octanol–water partition coefficient (Wildman–Crippen LogP) is -2.46. The molecule has 0 aromatic carbocycles. The van der Waals surface area contributed by atoms with E-state index in [4.69, 9.17) is 15.2 Å². The van der Waals surface area contributed by atoms with Crippen molar-refractivity contribution >= 4 is 23.1 Å². The molecule has 4 rings (SSSR count). The van der Waals surface area contributed by atoms with E-state index >= 15 is 0 Å². The second-order valence-electron chi connectivity index (χ2n) is 6.61. The van der Waals surface area contributed by atoms with Crippen LogP contribution in [0.1, 0.15) is 12.6 Å². The third kappa shape index (κ3) is 3.15. The Hall–Kier alpha value is -2.25. The highest BCUT2D eigenvalue weighted by Crippen LogP contribution is 2.33. The Morgan fingerprint density at radius 3 is 2.70 bits per heavy atom. The molecule has 27 heavy (non-hydrogen) atoms. The number of morpholine rings is 1. The molecule has 0 saturated carbocycles. The molecular formula is C15H22N6O6. The number of nitrogens with two attached hydrogens (primary N) is 1. The summed E-state index contributed by atoms with van der Waals surface area (Å²) in [7, 11) is 0. The molecule has 0 amide bonds. The van der Waals surface area contributed by atoms with Gasteiger partial charge in [0.25, 0.3) is 5.56 Å². The number of ether oxygens (including phenoxy) is 2. The number of imidazole rings is 1. The Balaban J connectivity index is 1.85. The molecule has 0 bridgehead atoms. The van der Waals surface area contributed by atoms with Crippen molar-refractivity contribution in [3.05, 3.63) is 10.4 Å². The molecule has 4 heterocycles. The Morgan fingerprint density at radius 1 is 1.26 bits per heavy atom. The number of aromatic nitrogens is 4. The standard InChI is InChI=1S/C15H22N6O6/c16-14-18-12-10(13(25)19-14)17-15(20-1-3-26-4-2-20)21(12)9-5-7(23)11(24)8(6-22)27-9/h7-9,11,22-24H,1-6H2,(H3,16,18,19,25). The van der Waals surface area contributed by atoms with Crippen LogP contribution in [-0.2, 0) is 9.47 Å². The molecule has 0 spiro atoms. The first kappa shape index (κ1) is 18.1. The van der Waals surface area contributed by atoms with Crippen LogP contribution in [0, 0.1) is 0 Å². The summed E-state index contributed by atoms with van der Waals surface area (Å²) in [6.07, 6.45) is -4.07. The third-order valence-electron chi connectivity index (χ3n) is 4.86. The Morgan fingerprint density at radius 2 is 2.00 bits per heavy atom. The van der Waals surface area contributed by atoms with Gasteiger partial charge < -0.3 is 35.4 Å². The number of aliphatic hydroxyl groups excluding tert-OH is 3. The number of aliphatic hydroxyl groups is 3. The van der Waals surface area contributed by atoms with Crippen molar-refractivity contribution in [2.24, 2.45) is 0 Å². The minimum atomic E-state index is -1.21. The lowest BCUT2D eigenvalue weighted by molar-refractivity contribution is -0.199. The van der Waals surface area contributed by atoms with Gasteiger partial charge in [-0.1, -0.05) is 0 Å². The quantitative estimate of drug-likeness (QED) is 0.383. The number of hydrogen-bond donors (Lipinski definition) is 5. The number of nitrogens with zero attached hydrogens (tertiary/aromatic N) is 4. The number of aromatic amines is 1. The van der Waals surface area contributed by atoms with Crippen LogP contribution in [0.5, 0.6) is 0 Å². The lowest BCUT2D eigenvalue weighted by Crippen LogP contribution is -2.49. The summed E-state index contributed by atoms with van der Waals surface area (Å²) in [5, 5.41) is 29.7. The highest BCUT2D eigenvalue weighted by molar-refractivity contribution is 5.75. The summed E-state index contributed by atoms with van der Waals surface area (Å²) >= 11 is 0. The van der Waals surface area contributed by atoms with Crippen molar-refractivity contribution in [3.8, 4) is 0 Å². The van der Waals surface area contributed by atoms with E-state index in [9.17, 15) is 20.1 Å². The van der Waals surface area contributed by atoms with Gasteiger partial charge in [-0.2, -0.15) is 4.98 Å². The lowest BCUT2D eigenvalue weighted by atomic mass is 10.0.